The smallest absolute Gasteiger partial charge is 0.270 e. The lowest BCUT2D eigenvalue weighted by Crippen LogP contribution is -2.47. The highest BCUT2D eigenvalue weighted by atomic mass is 16.5. The van der Waals surface area contributed by atoms with Gasteiger partial charge in [-0.1, -0.05) is 0 Å². The van der Waals surface area contributed by atoms with Crippen molar-refractivity contribution in [3.63, 3.8) is 0 Å². The zero-order chi connectivity index (χ0) is 21.5. The van der Waals surface area contributed by atoms with Gasteiger partial charge < -0.3 is 14.8 Å². The van der Waals surface area contributed by atoms with Crippen LogP contribution in [-0.2, 0) is 27.4 Å². The number of anilines is 1. The maximum atomic E-state index is 13.1. The fraction of sp³-hybridized carbons (Fsp3) is 0.545. The van der Waals surface area contributed by atoms with E-state index in [9.17, 15) is 9.59 Å². The molecule has 0 saturated carbocycles. The molecule has 5 rings (SSSR count). The van der Waals surface area contributed by atoms with Gasteiger partial charge in [-0.15, -0.1) is 0 Å². The average molecular weight is 425 g/mol. The van der Waals surface area contributed by atoms with Crippen LogP contribution in [0.3, 0.4) is 0 Å². The minimum Gasteiger partial charge on any atom is -0.381 e. The Hall–Kier alpha value is -2.78. The van der Waals surface area contributed by atoms with Crippen molar-refractivity contribution in [2.45, 2.75) is 57.4 Å². The minimum atomic E-state index is -0.630. The van der Waals surface area contributed by atoms with Gasteiger partial charge >= 0.3 is 0 Å². The van der Waals surface area contributed by atoms with E-state index < -0.39 is 6.04 Å². The summed E-state index contributed by atoms with van der Waals surface area (Å²) < 4.78 is 12.9. The van der Waals surface area contributed by atoms with Crippen LogP contribution in [0.1, 0.15) is 65.5 Å². The molecule has 0 aliphatic carbocycles. The number of aromatic nitrogens is 3. The Bertz CT molecular complexity index is 1010. The van der Waals surface area contributed by atoms with Crippen molar-refractivity contribution in [1.29, 1.82) is 0 Å². The average Bonchev–Trinajstić information content (AvgIpc) is 3.37. The molecule has 0 aromatic carbocycles. The number of aryl methyl sites for hydroxylation is 1. The molecular weight excluding hydrogens is 398 g/mol. The van der Waals surface area contributed by atoms with Gasteiger partial charge in [-0.05, 0) is 37.8 Å². The first-order valence-corrected chi connectivity index (χ1v) is 10.9. The summed E-state index contributed by atoms with van der Waals surface area (Å²) in [6.45, 7) is 4.52. The van der Waals surface area contributed by atoms with E-state index in [4.69, 9.17) is 14.6 Å². The van der Waals surface area contributed by atoms with Crippen molar-refractivity contribution in [3.05, 3.63) is 40.8 Å². The molecular formula is C22H27N5O4. The molecule has 9 heteroatoms. The molecule has 0 radical (unpaired) electrons. The molecule has 164 valence electrons. The second-order valence-corrected chi connectivity index (χ2v) is 8.47. The molecule has 9 nitrogen and oxygen atoms in total. The molecule has 2 aromatic rings. The largest absolute Gasteiger partial charge is 0.381 e. The number of carbonyl (C=O) groups excluding carboxylic acids is 2. The van der Waals surface area contributed by atoms with Gasteiger partial charge in [0.05, 0.1) is 18.4 Å². The van der Waals surface area contributed by atoms with E-state index in [2.05, 4.69) is 10.3 Å². The molecule has 3 aliphatic heterocycles. The van der Waals surface area contributed by atoms with Crippen LogP contribution in [0.15, 0.2) is 18.3 Å². The summed E-state index contributed by atoms with van der Waals surface area (Å²) in [7, 11) is 1.74. The second-order valence-electron chi connectivity index (χ2n) is 8.47. The molecule has 0 spiro atoms. The van der Waals surface area contributed by atoms with E-state index in [0.717, 1.165) is 48.7 Å². The second kappa shape index (κ2) is 8.05. The van der Waals surface area contributed by atoms with E-state index in [1.54, 1.807) is 24.2 Å². The number of hydrogen-bond donors (Lipinski definition) is 1. The predicted molar refractivity (Wildman–Crippen MR) is 112 cm³/mol. The molecule has 5 heterocycles. The van der Waals surface area contributed by atoms with Gasteiger partial charge in [0.1, 0.15) is 17.6 Å². The zero-order valence-corrected chi connectivity index (χ0v) is 17.8. The Morgan fingerprint density at radius 3 is 2.84 bits per heavy atom. The number of amides is 2. The predicted octanol–water partition coefficient (Wildman–Crippen LogP) is 1.93. The highest BCUT2D eigenvalue weighted by molar-refractivity contribution is 6.01. The number of pyridine rings is 1. The van der Waals surface area contributed by atoms with Gasteiger partial charge in [0.15, 0.2) is 0 Å². The third-order valence-corrected chi connectivity index (χ3v) is 6.51. The number of likely N-dealkylation sites (N-methyl/N-ethyl adjacent to an activating group) is 1. The van der Waals surface area contributed by atoms with Gasteiger partial charge in [-0.2, -0.15) is 5.10 Å². The van der Waals surface area contributed by atoms with E-state index >= 15 is 0 Å². The summed E-state index contributed by atoms with van der Waals surface area (Å²) in [5, 5.41) is 7.64. The number of nitrogens with zero attached hydrogens (tertiary/aromatic N) is 4. The molecule has 2 atom stereocenters. The van der Waals surface area contributed by atoms with Crippen LogP contribution in [-0.4, -0.2) is 52.9 Å². The SMILES string of the molecule is CC1OCc2cnc(C(=O)NC3CCn4nc(C5CCOCC5)cc4N(C)C3=O)cc21. The summed E-state index contributed by atoms with van der Waals surface area (Å²) in [4.78, 5) is 31.8. The molecule has 3 aliphatic rings. The van der Waals surface area contributed by atoms with Crippen LogP contribution in [0.2, 0.25) is 0 Å². The number of rotatable bonds is 3. The molecule has 0 bridgehead atoms. The van der Waals surface area contributed by atoms with Crippen molar-refractivity contribution in [2.24, 2.45) is 0 Å². The van der Waals surface area contributed by atoms with Crippen molar-refractivity contribution < 1.29 is 19.1 Å². The Kier molecular flexibility index (Phi) is 5.23. The molecule has 1 N–H and O–H groups in total. The lowest BCUT2D eigenvalue weighted by atomic mass is 9.97. The van der Waals surface area contributed by atoms with Crippen molar-refractivity contribution in [2.75, 3.05) is 25.2 Å². The van der Waals surface area contributed by atoms with Crippen LogP contribution in [0.4, 0.5) is 5.82 Å². The first kappa shape index (κ1) is 20.1. The topological polar surface area (TPSA) is 98.6 Å². The Morgan fingerprint density at radius 1 is 1.23 bits per heavy atom. The lowest BCUT2D eigenvalue weighted by molar-refractivity contribution is -0.120. The molecule has 1 saturated heterocycles. The molecule has 2 amide bonds. The lowest BCUT2D eigenvalue weighted by Gasteiger charge is -2.21. The summed E-state index contributed by atoms with van der Waals surface area (Å²) >= 11 is 0. The summed E-state index contributed by atoms with van der Waals surface area (Å²) in [6, 6.07) is 3.13. The number of fused-ring (bicyclic) bond motifs is 2. The van der Waals surface area contributed by atoms with Gasteiger partial charge in [0, 0.05) is 50.6 Å². The normalized spacial score (nSPS) is 23.9. The van der Waals surface area contributed by atoms with E-state index in [0.29, 0.717) is 31.2 Å². The molecule has 1 fully saturated rings. The summed E-state index contributed by atoms with van der Waals surface area (Å²) in [5.74, 6) is 0.633. The summed E-state index contributed by atoms with van der Waals surface area (Å²) in [6.07, 6.45) is 4.00. The van der Waals surface area contributed by atoms with E-state index in [1.165, 1.54) is 0 Å². The van der Waals surface area contributed by atoms with Gasteiger partial charge in [-0.25, -0.2) is 4.68 Å². The van der Waals surface area contributed by atoms with Crippen LogP contribution < -0.4 is 10.2 Å². The van der Waals surface area contributed by atoms with Crippen LogP contribution in [0, 0.1) is 0 Å². The molecule has 31 heavy (non-hydrogen) atoms. The monoisotopic (exact) mass is 425 g/mol. The van der Waals surface area contributed by atoms with E-state index in [-0.39, 0.29) is 17.9 Å². The van der Waals surface area contributed by atoms with Crippen molar-refractivity contribution in [1.82, 2.24) is 20.1 Å². The fourth-order valence-electron chi connectivity index (χ4n) is 4.57. The number of hydrogen-bond acceptors (Lipinski definition) is 6. The van der Waals surface area contributed by atoms with Crippen LogP contribution in [0.25, 0.3) is 0 Å². The quantitative estimate of drug-likeness (QED) is 0.807. The number of nitrogens with one attached hydrogen (secondary N) is 1. The van der Waals surface area contributed by atoms with Gasteiger partial charge in [0.25, 0.3) is 11.8 Å². The third kappa shape index (κ3) is 3.72. The number of ether oxygens (including phenoxy) is 2. The van der Waals surface area contributed by atoms with Crippen molar-refractivity contribution >= 4 is 17.6 Å². The first-order valence-electron chi connectivity index (χ1n) is 10.9. The van der Waals surface area contributed by atoms with E-state index in [1.807, 2.05) is 17.7 Å². The highest BCUT2D eigenvalue weighted by Gasteiger charge is 2.32. The highest BCUT2D eigenvalue weighted by Crippen LogP contribution is 2.31. The Labute approximate surface area is 180 Å². The van der Waals surface area contributed by atoms with Gasteiger partial charge in [-0.3, -0.25) is 19.5 Å². The Balaban J connectivity index is 1.30. The molecule has 2 unspecified atom stereocenters. The number of carbonyl (C=O) groups is 2. The maximum absolute atomic E-state index is 13.1. The third-order valence-electron chi connectivity index (χ3n) is 6.51. The van der Waals surface area contributed by atoms with Crippen molar-refractivity contribution in [3.8, 4) is 0 Å². The molecule has 2 aromatic heterocycles. The Morgan fingerprint density at radius 2 is 2.03 bits per heavy atom. The standard InChI is InChI=1S/C22H27N5O4/c1-13-16-9-19(23-11-15(16)12-31-13)21(28)24-17-3-6-27-20(26(2)22(17)29)10-18(25-27)14-4-7-30-8-5-14/h9-11,13-14,17H,3-8,12H2,1-2H3,(H,24,28). The fourth-order valence-corrected chi connectivity index (χ4v) is 4.57. The summed E-state index contributed by atoms with van der Waals surface area (Å²) in [5.41, 5.74) is 3.29. The van der Waals surface area contributed by atoms with Crippen LogP contribution in [0.5, 0.6) is 0 Å². The van der Waals surface area contributed by atoms with Crippen LogP contribution >= 0.6 is 0 Å². The first-order chi connectivity index (χ1) is 15.0. The minimum absolute atomic E-state index is 0.0582. The van der Waals surface area contributed by atoms with Gasteiger partial charge in [0.2, 0.25) is 0 Å². The maximum Gasteiger partial charge on any atom is 0.270 e. The zero-order valence-electron chi connectivity index (χ0n) is 17.8.